The van der Waals surface area contributed by atoms with Crippen molar-refractivity contribution in [2.45, 2.75) is 20.0 Å². The SMILES string of the molecule is Cc1cc(C(=O)COC(=O)C2COCCO2)c(C)n1-c1ccc(F)c(Cl)c1. The summed E-state index contributed by atoms with van der Waals surface area (Å²) in [6.07, 6.45) is -0.805. The maximum Gasteiger partial charge on any atom is 0.338 e. The van der Waals surface area contributed by atoms with Crippen LogP contribution in [0.3, 0.4) is 0 Å². The summed E-state index contributed by atoms with van der Waals surface area (Å²) in [6, 6.07) is 6.04. The van der Waals surface area contributed by atoms with Crippen LogP contribution in [0.1, 0.15) is 21.7 Å². The average Bonchev–Trinajstić information content (AvgIpc) is 2.97. The quantitative estimate of drug-likeness (QED) is 0.575. The maximum absolute atomic E-state index is 13.4. The van der Waals surface area contributed by atoms with Crippen LogP contribution in [0.4, 0.5) is 4.39 Å². The van der Waals surface area contributed by atoms with Gasteiger partial charge in [-0.25, -0.2) is 9.18 Å². The summed E-state index contributed by atoms with van der Waals surface area (Å²) >= 11 is 5.86. The Bertz CT molecular complexity index is 873. The number of aryl methyl sites for hydroxylation is 1. The van der Waals surface area contributed by atoms with E-state index in [2.05, 4.69) is 0 Å². The zero-order valence-corrected chi connectivity index (χ0v) is 15.7. The third-order valence-corrected chi connectivity index (χ3v) is 4.61. The molecule has 1 fully saturated rings. The molecule has 1 atom stereocenters. The Kier molecular flexibility index (Phi) is 5.94. The minimum Gasteiger partial charge on any atom is -0.455 e. The van der Waals surface area contributed by atoms with E-state index in [0.717, 1.165) is 5.69 Å². The summed E-state index contributed by atoms with van der Waals surface area (Å²) in [5.74, 6) is -1.48. The molecule has 0 radical (unpaired) electrons. The molecule has 0 bridgehead atoms. The topological polar surface area (TPSA) is 66.8 Å². The van der Waals surface area contributed by atoms with Crippen molar-refractivity contribution >= 4 is 23.4 Å². The van der Waals surface area contributed by atoms with E-state index in [1.165, 1.54) is 12.1 Å². The molecule has 1 aromatic heterocycles. The fraction of sp³-hybridized carbons (Fsp3) is 0.368. The van der Waals surface area contributed by atoms with Crippen molar-refractivity contribution in [3.05, 3.63) is 52.1 Å². The van der Waals surface area contributed by atoms with Gasteiger partial charge in [-0.3, -0.25) is 4.79 Å². The molecule has 6 nitrogen and oxygen atoms in total. The highest BCUT2D eigenvalue weighted by atomic mass is 35.5. The van der Waals surface area contributed by atoms with Crippen molar-refractivity contribution in [1.29, 1.82) is 0 Å². The largest absolute Gasteiger partial charge is 0.455 e. The Morgan fingerprint density at radius 3 is 2.74 bits per heavy atom. The monoisotopic (exact) mass is 395 g/mol. The van der Waals surface area contributed by atoms with Gasteiger partial charge in [0.2, 0.25) is 5.78 Å². The number of ketones is 1. The van der Waals surface area contributed by atoms with Gasteiger partial charge in [-0.15, -0.1) is 0 Å². The first-order valence-corrected chi connectivity index (χ1v) is 8.80. The summed E-state index contributed by atoms with van der Waals surface area (Å²) in [6.45, 7) is 4.05. The van der Waals surface area contributed by atoms with Crippen molar-refractivity contribution in [3.8, 4) is 5.69 Å². The lowest BCUT2D eigenvalue weighted by Crippen LogP contribution is -2.37. The average molecular weight is 396 g/mol. The Labute approximate surface area is 160 Å². The molecule has 0 saturated carbocycles. The first-order valence-electron chi connectivity index (χ1n) is 8.42. The molecule has 3 rings (SSSR count). The van der Waals surface area contributed by atoms with Gasteiger partial charge in [0.05, 0.1) is 24.8 Å². The van der Waals surface area contributed by atoms with Gasteiger partial charge in [0, 0.05) is 22.6 Å². The van der Waals surface area contributed by atoms with Crippen molar-refractivity contribution in [2.24, 2.45) is 0 Å². The van der Waals surface area contributed by atoms with Crippen molar-refractivity contribution < 1.29 is 28.2 Å². The summed E-state index contributed by atoms with van der Waals surface area (Å²) in [4.78, 5) is 24.5. The molecule has 2 aromatic rings. The van der Waals surface area contributed by atoms with E-state index in [1.54, 1.807) is 23.6 Å². The number of hydrogen-bond donors (Lipinski definition) is 0. The Balaban J connectivity index is 1.74. The summed E-state index contributed by atoms with van der Waals surface area (Å²) in [7, 11) is 0. The summed E-state index contributed by atoms with van der Waals surface area (Å²) in [5, 5.41) is -0.00323. The first-order chi connectivity index (χ1) is 12.9. The van der Waals surface area contributed by atoms with E-state index in [1.807, 2.05) is 6.92 Å². The number of halogens is 2. The Morgan fingerprint density at radius 2 is 2.07 bits per heavy atom. The van der Waals surface area contributed by atoms with Crippen LogP contribution in [0.15, 0.2) is 24.3 Å². The molecule has 1 aliphatic heterocycles. The maximum atomic E-state index is 13.4. The highest BCUT2D eigenvalue weighted by molar-refractivity contribution is 6.30. The van der Waals surface area contributed by atoms with E-state index >= 15 is 0 Å². The van der Waals surface area contributed by atoms with Crippen LogP contribution in [-0.4, -0.2) is 48.9 Å². The van der Waals surface area contributed by atoms with E-state index < -0.39 is 24.5 Å². The van der Waals surface area contributed by atoms with Crippen molar-refractivity contribution in [2.75, 3.05) is 26.4 Å². The predicted molar refractivity (Wildman–Crippen MR) is 96.1 cm³/mol. The lowest BCUT2D eigenvalue weighted by atomic mass is 10.1. The molecule has 2 heterocycles. The summed E-state index contributed by atoms with van der Waals surface area (Å²) < 4.78 is 30.7. The second kappa shape index (κ2) is 8.21. The zero-order valence-electron chi connectivity index (χ0n) is 15.0. The molecule has 1 unspecified atom stereocenters. The van der Waals surface area contributed by atoms with Gasteiger partial charge in [0.1, 0.15) is 5.82 Å². The lowest BCUT2D eigenvalue weighted by Gasteiger charge is -2.21. The number of nitrogens with zero attached hydrogens (tertiary/aromatic N) is 1. The van der Waals surface area contributed by atoms with Crippen LogP contribution in [0, 0.1) is 19.7 Å². The molecule has 0 amide bonds. The molecule has 1 aromatic carbocycles. The highest BCUT2D eigenvalue weighted by Gasteiger charge is 2.26. The molecular formula is C19H19ClFNO5. The molecular weight excluding hydrogens is 377 g/mol. The molecule has 8 heteroatoms. The number of benzene rings is 1. The number of carbonyl (C=O) groups is 2. The second-order valence-corrected chi connectivity index (χ2v) is 6.59. The number of aromatic nitrogens is 1. The normalized spacial score (nSPS) is 17.0. The van der Waals surface area contributed by atoms with Crippen LogP contribution in [0.5, 0.6) is 0 Å². The zero-order chi connectivity index (χ0) is 19.6. The Hall–Kier alpha value is -2.22. The third-order valence-electron chi connectivity index (χ3n) is 4.32. The van der Waals surface area contributed by atoms with Gasteiger partial charge in [-0.1, -0.05) is 11.6 Å². The molecule has 27 heavy (non-hydrogen) atoms. The van der Waals surface area contributed by atoms with Crippen LogP contribution >= 0.6 is 11.6 Å². The highest BCUT2D eigenvalue weighted by Crippen LogP contribution is 2.25. The standard InChI is InChI=1S/C19H19ClFNO5/c1-11-7-14(12(2)22(11)13-3-4-16(21)15(20)8-13)17(23)9-27-19(24)18-10-25-5-6-26-18/h3-4,7-8,18H,5-6,9-10H2,1-2H3. The second-order valence-electron chi connectivity index (χ2n) is 6.18. The molecule has 144 valence electrons. The third kappa shape index (κ3) is 4.21. The fourth-order valence-electron chi connectivity index (χ4n) is 3.00. The Morgan fingerprint density at radius 1 is 1.30 bits per heavy atom. The number of Topliss-reactive ketones (excluding diaryl/α,β-unsaturated/α-hetero) is 1. The number of carbonyl (C=O) groups excluding carboxylic acids is 2. The van der Waals surface area contributed by atoms with E-state index in [4.69, 9.17) is 25.8 Å². The van der Waals surface area contributed by atoms with Crippen LogP contribution < -0.4 is 0 Å². The van der Waals surface area contributed by atoms with Gasteiger partial charge < -0.3 is 18.8 Å². The van der Waals surface area contributed by atoms with Gasteiger partial charge in [-0.2, -0.15) is 0 Å². The molecule has 1 saturated heterocycles. The van der Waals surface area contributed by atoms with Gasteiger partial charge in [0.25, 0.3) is 0 Å². The fourth-order valence-corrected chi connectivity index (χ4v) is 3.17. The predicted octanol–water partition coefficient (Wildman–Crippen LogP) is 3.03. The molecule has 0 spiro atoms. The summed E-state index contributed by atoms with van der Waals surface area (Å²) in [5.41, 5.74) is 2.48. The van der Waals surface area contributed by atoms with Gasteiger partial charge in [-0.05, 0) is 38.1 Å². The van der Waals surface area contributed by atoms with Crippen LogP contribution in [0.2, 0.25) is 5.02 Å². The molecule has 0 N–H and O–H groups in total. The van der Waals surface area contributed by atoms with Crippen molar-refractivity contribution in [3.63, 3.8) is 0 Å². The number of hydrogen-bond acceptors (Lipinski definition) is 5. The number of rotatable bonds is 5. The van der Waals surface area contributed by atoms with Crippen LogP contribution in [-0.2, 0) is 19.0 Å². The van der Waals surface area contributed by atoms with Gasteiger partial charge >= 0.3 is 5.97 Å². The van der Waals surface area contributed by atoms with E-state index in [9.17, 15) is 14.0 Å². The smallest absolute Gasteiger partial charge is 0.338 e. The first kappa shape index (κ1) is 19.5. The van der Waals surface area contributed by atoms with Crippen LogP contribution in [0.25, 0.3) is 5.69 Å². The molecule has 1 aliphatic rings. The van der Waals surface area contributed by atoms with Crippen molar-refractivity contribution in [1.82, 2.24) is 4.57 Å². The number of ether oxygens (including phenoxy) is 3. The minimum absolute atomic E-state index is 0.00323. The minimum atomic E-state index is -0.805. The van der Waals surface area contributed by atoms with E-state index in [-0.39, 0.29) is 17.4 Å². The number of esters is 1. The van der Waals surface area contributed by atoms with Gasteiger partial charge in [0.15, 0.2) is 12.7 Å². The molecule has 0 aliphatic carbocycles. The lowest BCUT2D eigenvalue weighted by molar-refractivity contribution is -0.169. The van der Waals surface area contributed by atoms with E-state index in [0.29, 0.717) is 30.2 Å².